The lowest BCUT2D eigenvalue weighted by Gasteiger charge is -2.15. The lowest BCUT2D eigenvalue weighted by molar-refractivity contribution is 0.283. The van der Waals surface area contributed by atoms with Crippen LogP contribution >= 0.6 is 0 Å². The van der Waals surface area contributed by atoms with E-state index in [-0.39, 0.29) is 0 Å². The Labute approximate surface area is 113 Å². The van der Waals surface area contributed by atoms with Gasteiger partial charge < -0.3 is 14.9 Å². The molecule has 0 spiro atoms. The Morgan fingerprint density at radius 1 is 1.16 bits per heavy atom. The standard InChI is InChI=1S/C15H20N2O2/c1-17(11-15-7-6-14(9-16)19-15)10-12-4-3-5-13(8-12)18-2/h3-8H,9-11,16H2,1-2H3. The highest BCUT2D eigenvalue weighted by Gasteiger charge is 2.06. The second kappa shape index (κ2) is 6.41. The van der Waals surface area contributed by atoms with Crippen LogP contribution in [0.25, 0.3) is 0 Å². The Balaban J connectivity index is 1.94. The number of rotatable bonds is 6. The van der Waals surface area contributed by atoms with Crippen LogP contribution in [0.3, 0.4) is 0 Å². The van der Waals surface area contributed by atoms with Crippen LogP contribution in [0.1, 0.15) is 17.1 Å². The Bertz CT molecular complexity index is 522. The van der Waals surface area contributed by atoms with Crippen LogP contribution in [0.15, 0.2) is 40.8 Å². The van der Waals surface area contributed by atoms with E-state index in [1.165, 1.54) is 5.56 Å². The smallest absolute Gasteiger partial charge is 0.119 e. The Kier molecular flexibility index (Phi) is 4.60. The second-order valence-corrected chi connectivity index (χ2v) is 4.60. The van der Waals surface area contributed by atoms with E-state index in [4.69, 9.17) is 14.9 Å². The lowest BCUT2D eigenvalue weighted by atomic mass is 10.2. The molecule has 2 aromatic rings. The number of nitrogens with two attached hydrogens (primary N) is 1. The van der Waals surface area contributed by atoms with Gasteiger partial charge in [0.05, 0.1) is 20.2 Å². The summed E-state index contributed by atoms with van der Waals surface area (Å²) in [5, 5.41) is 0. The van der Waals surface area contributed by atoms with E-state index >= 15 is 0 Å². The number of methoxy groups -OCH3 is 1. The summed E-state index contributed by atoms with van der Waals surface area (Å²) in [6, 6.07) is 12.0. The van der Waals surface area contributed by atoms with E-state index in [0.29, 0.717) is 6.54 Å². The zero-order valence-corrected chi connectivity index (χ0v) is 11.4. The summed E-state index contributed by atoms with van der Waals surface area (Å²) in [5.41, 5.74) is 6.74. The fourth-order valence-corrected chi connectivity index (χ4v) is 2.02. The highest BCUT2D eigenvalue weighted by atomic mass is 16.5. The SMILES string of the molecule is COc1cccc(CN(C)Cc2ccc(CN)o2)c1. The molecule has 0 aliphatic carbocycles. The largest absolute Gasteiger partial charge is 0.497 e. The number of hydrogen-bond acceptors (Lipinski definition) is 4. The molecule has 0 saturated heterocycles. The van der Waals surface area contributed by atoms with Crippen molar-refractivity contribution in [1.29, 1.82) is 0 Å². The van der Waals surface area contributed by atoms with Gasteiger partial charge in [-0.1, -0.05) is 12.1 Å². The highest BCUT2D eigenvalue weighted by molar-refractivity contribution is 5.28. The quantitative estimate of drug-likeness (QED) is 0.866. The number of ether oxygens (including phenoxy) is 1. The fourth-order valence-electron chi connectivity index (χ4n) is 2.02. The molecule has 4 nitrogen and oxygen atoms in total. The average molecular weight is 260 g/mol. The van der Waals surface area contributed by atoms with Crippen LogP contribution in [0.4, 0.5) is 0 Å². The van der Waals surface area contributed by atoms with E-state index in [1.54, 1.807) is 7.11 Å². The third-order valence-corrected chi connectivity index (χ3v) is 2.93. The van der Waals surface area contributed by atoms with Gasteiger partial charge in [-0.15, -0.1) is 0 Å². The van der Waals surface area contributed by atoms with E-state index < -0.39 is 0 Å². The number of nitrogens with zero attached hydrogens (tertiary/aromatic N) is 1. The van der Waals surface area contributed by atoms with E-state index in [2.05, 4.69) is 18.0 Å². The first-order valence-electron chi connectivity index (χ1n) is 6.30. The van der Waals surface area contributed by atoms with Crippen LogP contribution in [0.5, 0.6) is 5.75 Å². The Morgan fingerprint density at radius 2 is 1.95 bits per heavy atom. The van der Waals surface area contributed by atoms with Crippen molar-refractivity contribution in [2.24, 2.45) is 5.73 Å². The van der Waals surface area contributed by atoms with E-state index in [1.807, 2.05) is 30.3 Å². The van der Waals surface area contributed by atoms with Gasteiger partial charge in [0.2, 0.25) is 0 Å². The Hall–Kier alpha value is -1.78. The predicted molar refractivity (Wildman–Crippen MR) is 74.8 cm³/mol. The molecule has 102 valence electrons. The van der Waals surface area contributed by atoms with Gasteiger partial charge in [0, 0.05) is 6.54 Å². The topological polar surface area (TPSA) is 51.6 Å². The van der Waals surface area contributed by atoms with Crippen molar-refractivity contribution >= 4 is 0 Å². The fraction of sp³-hybridized carbons (Fsp3) is 0.333. The molecule has 4 heteroatoms. The molecular weight excluding hydrogens is 240 g/mol. The van der Waals surface area contributed by atoms with Crippen molar-refractivity contribution in [2.45, 2.75) is 19.6 Å². The average Bonchev–Trinajstić information content (AvgIpc) is 2.86. The van der Waals surface area contributed by atoms with Gasteiger partial charge in [0.25, 0.3) is 0 Å². The van der Waals surface area contributed by atoms with Crippen molar-refractivity contribution < 1.29 is 9.15 Å². The summed E-state index contributed by atoms with van der Waals surface area (Å²) in [5.74, 6) is 2.64. The van der Waals surface area contributed by atoms with Crippen molar-refractivity contribution in [3.8, 4) is 5.75 Å². The monoisotopic (exact) mass is 260 g/mol. The molecule has 2 rings (SSSR count). The van der Waals surface area contributed by atoms with Crippen LogP contribution in [-0.2, 0) is 19.6 Å². The molecule has 1 heterocycles. The minimum absolute atomic E-state index is 0.444. The molecule has 0 saturated carbocycles. The normalized spacial score (nSPS) is 10.9. The zero-order valence-electron chi connectivity index (χ0n) is 11.4. The molecule has 19 heavy (non-hydrogen) atoms. The van der Waals surface area contributed by atoms with Crippen molar-refractivity contribution in [3.05, 3.63) is 53.5 Å². The van der Waals surface area contributed by atoms with Crippen LogP contribution in [0.2, 0.25) is 0 Å². The zero-order chi connectivity index (χ0) is 13.7. The molecule has 0 bridgehead atoms. The number of hydrogen-bond donors (Lipinski definition) is 1. The van der Waals surface area contributed by atoms with Gasteiger partial charge in [-0.25, -0.2) is 0 Å². The third-order valence-electron chi connectivity index (χ3n) is 2.93. The van der Waals surface area contributed by atoms with Crippen molar-refractivity contribution in [2.75, 3.05) is 14.2 Å². The molecule has 0 amide bonds. The second-order valence-electron chi connectivity index (χ2n) is 4.60. The molecule has 0 radical (unpaired) electrons. The highest BCUT2D eigenvalue weighted by Crippen LogP contribution is 2.15. The lowest BCUT2D eigenvalue weighted by Crippen LogP contribution is -2.16. The minimum atomic E-state index is 0.444. The summed E-state index contributed by atoms with van der Waals surface area (Å²) in [6.07, 6.45) is 0. The van der Waals surface area contributed by atoms with Crippen molar-refractivity contribution in [1.82, 2.24) is 4.90 Å². The summed E-state index contributed by atoms with van der Waals surface area (Å²) in [4.78, 5) is 2.19. The first-order valence-corrected chi connectivity index (χ1v) is 6.30. The van der Waals surface area contributed by atoms with Gasteiger partial charge in [-0.05, 0) is 36.9 Å². The minimum Gasteiger partial charge on any atom is -0.497 e. The van der Waals surface area contributed by atoms with Gasteiger partial charge in [0.1, 0.15) is 17.3 Å². The van der Waals surface area contributed by atoms with Gasteiger partial charge in [-0.2, -0.15) is 0 Å². The maximum Gasteiger partial charge on any atom is 0.119 e. The molecule has 0 atom stereocenters. The van der Waals surface area contributed by atoms with E-state index in [9.17, 15) is 0 Å². The Morgan fingerprint density at radius 3 is 2.63 bits per heavy atom. The number of benzene rings is 1. The molecule has 1 aromatic heterocycles. The molecule has 1 aromatic carbocycles. The van der Waals surface area contributed by atoms with Gasteiger partial charge >= 0.3 is 0 Å². The molecule has 2 N–H and O–H groups in total. The summed E-state index contributed by atoms with van der Waals surface area (Å²) < 4.78 is 10.8. The van der Waals surface area contributed by atoms with E-state index in [0.717, 1.165) is 30.4 Å². The first kappa shape index (κ1) is 13.6. The van der Waals surface area contributed by atoms with Gasteiger partial charge in [0.15, 0.2) is 0 Å². The summed E-state index contributed by atoms with van der Waals surface area (Å²) in [7, 11) is 3.74. The van der Waals surface area contributed by atoms with Crippen LogP contribution in [0, 0.1) is 0 Å². The number of furan rings is 1. The third kappa shape index (κ3) is 3.84. The first-order chi connectivity index (χ1) is 9.21. The van der Waals surface area contributed by atoms with Crippen LogP contribution in [-0.4, -0.2) is 19.1 Å². The summed E-state index contributed by atoms with van der Waals surface area (Å²) >= 11 is 0. The maximum atomic E-state index is 5.59. The van der Waals surface area contributed by atoms with Crippen LogP contribution < -0.4 is 10.5 Å². The summed E-state index contributed by atoms with van der Waals surface area (Å²) in [6.45, 7) is 2.05. The molecule has 0 aliphatic heterocycles. The predicted octanol–water partition coefficient (Wildman–Crippen LogP) is 2.38. The molecule has 0 fully saturated rings. The molecule has 0 unspecified atom stereocenters. The van der Waals surface area contributed by atoms with Crippen molar-refractivity contribution in [3.63, 3.8) is 0 Å². The molecular formula is C15H20N2O2. The van der Waals surface area contributed by atoms with Gasteiger partial charge in [-0.3, -0.25) is 4.90 Å². The maximum absolute atomic E-state index is 5.59. The molecule has 0 aliphatic rings.